The zero-order valence-electron chi connectivity index (χ0n) is 8.60. The predicted octanol–water partition coefficient (Wildman–Crippen LogP) is 4.31. The molecular formula is C14H9NS. The molecule has 1 nitrogen and oxygen atoms in total. The highest BCUT2D eigenvalue weighted by Gasteiger charge is 2.11. The average molecular weight is 223 g/mol. The topological polar surface area (TPSA) is 12.4 Å². The van der Waals surface area contributed by atoms with Crippen LogP contribution in [0.1, 0.15) is 5.56 Å². The quantitative estimate of drug-likeness (QED) is 0.538. The van der Waals surface area contributed by atoms with Crippen LogP contribution in [-0.2, 0) is 6.42 Å². The van der Waals surface area contributed by atoms with Crippen LogP contribution in [0.4, 0.5) is 5.69 Å². The van der Waals surface area contributed by atoms with Crippen molar-refractivity contribution in [3.05, 3.63) is 42.0 Å². The summed E-state index contributed by atoms with van der Waals surface area (Å²) in [7, 11) is 0. The summed E-state index contributed by atoms with van der Waals surface area (Å²) < 4.78 is 2.75. The van der Waals surface area contributed by atoms with Crippen LogP contribution in [0.2, 0.25) is 0 Å². The van der Waals surface area contributed by atoms with E-state index in [9.17, 15) is 0 Å². The Hall–Kier alpha value is -1.67. The fourth-order valence-electron chi connectivity index (χ4n) is 2.33. The van der Waals surface area contributed by atoms with Gasteiger partial charge in [-0.2, -0.15) is 0 Å². The summed E-state index contributed by atoms with van der Waals surface area (Å²) in [5.74, 6) is 0. The Morgan fingerprint density at radius 2 is 1.94 bits per heavy atom. The molecule has 3 aromatic rings. The molecule has 2 heteroatoms. The Kier molecular flexibility index (Phi) is 1.55. The second kappa shape index (κ2) is 2.92. The summed E-state index contributed by atoms with van der Waals surface area (Å²) in [6.07, 6.45) is 2.98. The highest BCUT2D eigenvalue weighted by atomic mass is 32.1. The number of fused-ring (bicyclic) bond motifs is 4. The van der Waals surface area contributed by atoms with Crippen molar-refractivity contribution < 1.29 is 0 Å². The minimum atomic E-state index is 0.986. The van der Waals surface area contributed by atoms with Gasteiger partial charge in [0, 0.05) is 32.8 Å². The van der Waals surface area contributed by atoms with Gasteiger partial charge in [0.25, 0.3) is 0 Å². The molecule has 1 aliphatic heterocycles. The van der Waals surface area contributed by atoms with Crippen LogP contribution in [0.5, 0.6) is 0 Å². The second-order valence-electron chi connectivity index (χ2n) is 4.09. The summed E-state index contributed by atoms with van der Waals surface area (Å²) in [5.41, 5.74) is 2.51. The van der Waals surface area contributed by atoms with Crippen LogP contribution in [0, 0.1) is 0 Å². The molecule has 1 aromatic heterocycles. The molecule has 1 aliphatic rings. The maximum absolute atomic E-state index is 4.42. The Bertz CT molecular complexity index is 737. The maximum atomic E-state index is 4.42. The molecule has 2 aromatic carbocycles. The van der Waals surface area contributed by atoms with Crippen LogP contribution in [-0.4, -0.2) is 6.21 Å². The summed E-state index contributed by atoms with van der Waals surface area (Å²) in [5, 5.41) is 2.70. The zero-order valence-corrected chi connectivity index (χ0v) is 9.42. The summed E-state index contributed by atoms with van der Waals surface area (Å²) >= 11 is 1.87. The normalized spacial score (nSPS) is 13.8. The highest BCUT2D eigenvalue weighted by molar-refractivity contribution is 7.25. The van der Waals surface area contributed by atoms with E-state index in [-0.39, 0.29) is 0 Å². The van der Waals surface area contributed by atoms with Crippen molar-refractivity contribution in [3.63, 3.8) is 0 Å². The van der Waals surface area contributed by atoms with Crippen LogP contribution >= 0.6 is 11.3 Å². The van der Waals surface area contributed by atoms with E-state index in [0.717, 1.165) is 12.1 Å². The lowest BCUT2D eigenvalue weighted by molar-refractivity contribution is 1.44. The summed E-state index contributed by atoms with van der Waals surface area (Å²) in [4.78, 5) is 4.42. The van der Waals surface area contributed by atoms with Gasteiger partial charge < -0.3 is 0 Å². The van der Waals surface area contributed by atoms with E-state index in [2.05, 4.69) is 41.4 Å². The van der Waals surface area contributed by atoms with Crippen molar-refractivity contribution in [1.82, 2.24) is 0 Å². The van der Waals surface area contributed by atoms with Gasteiger partial charge in [-0.05, 0) is 23.8 Å². The van der Waals surface area contributed by atoms with Gasteiger partial charge in [-0.1, -0.05) is 18.2 Å². The second-order valence-corrected chi connectivity index (χ2v) is 5.17. The number of hydrogen-bond donors (Lipinski definition) is 0. The lowest BCUT2D eigenvalue weighted by Gasteiger charge is -1.97. The van der Waals surface area contributed by atoms with Crippen molar-refractivity contribution in [1.29, 1.82) is 0 Å². The number of benzene rings is 2. The first-order chi connectivity index (χ1) is 7.92. The van der Waals surface area contributed by atoms with Gasteiger partial charge in [0.05, 0.1) is 5.69 Å². The molecule has 4 rings (SSSR count). The molecule has 0 unspecified atom stereocenters. The molecule has 0 N–H and O–H groups in total. The van der Waals surface area contributed by atoms with Gasteiger partial charge in [-0.3, -0.25) is 4.99 Å². The van der Waals surface area contributed by atoms with Crippen LogP contribution in [0.25, 0.3) is 20.2 Å². The van der Waals surface area contributed by atoms with E-state index in [4.69, 9.17) is 0 Å². The fourth-order valence-corrected chi connectivity index (χ4v) is 3.48. The predicted molar refractivity (Wildman–Crippen MR) is 71.2 cm³/mol. The number of rotatable bonds is 0. The maximum Gasteiger partial charge on any atom is 0.0668 e. The molecule has 16 heavy (non-hydrogen) atoms. The average Bonchev–Trinajstić information content (AvgIpc) is 2.88. The molecule has 0 fully saturated rings. The molecule has 0 saturated carbocycles. The third-order valence-corrected chi connectivity index (χ3v) is 4.25. The van der Waals surface area contributed by atoms with E-state index in [1.54, 1.807) is 0 Å². The standard InChI is InChI=1S/C14H9NS/c1-2-4-13-10(3-1)11-8-12-9(5-6-15-12)7-14(11)16-13/h1-4,6-8H,5H2. The Balaban J connectivity index is 2.22. The molecular weight excluding hydrogens is 214 g/mol. The van der Waals surface area contributed by atoms with Crippen molar-refractivity contribution in [2.75, 3.05) is 0 Å². The monoisotopic (exact) mass is 223 g/mol. The summed E-state index contributed by atoms with van der Waals surface area (Å²) in [6, 6.07) is 13.1. The number of aliphatic imine (C=N–C) groups is 1. The first kappa shape index (κ1) is 8.48. The number of hydrogen-bond acceptors (Lipinski definition) is 2. The van der Waals surface area contributed by atoms with Gasteiger partial charge >= 0.3 is 0 Å². The van der Waals surface area contributed by atoms with Gasteiger partial charge in [0.15, 0.2) is 0 Å². The van der Waals surface area contributed by atoms with Crippen molar-refractivity contribution >= 4 is 43.4 Å². The fraction of sp³-hybridized carbons (Fsp3) is 0.0714. The molecule has 0 amide bonds. The molecule has 0 atom stereocenters. The molecule has 0 saturated heterocycles. The molecule has 0 aliphatic carbocycles. The Morgan fingerprint density at radius 3 is 2.94 bits per heavy atom. The number of thiophene rings is 1. The van der Waals surface area contributed by atoms with Crippen molar-refractivity contribution in [2.24, 2.45) is 4.99 Å². The first-order valence-electron chi connectivity index (χ1n) is 5.38. The van der Waals surface area contributed by atoms with E-state index in [0.29, 0.717) is 0 Å². The van der Waals surface area contributed by atoms with E-state index in [1.165, 1.54) is 25.7 Å². The van der Waals surface area contributed by atoms with Gasteiger partial charge in [0.1, 0.15) is 0 Å². The minimum Gasteiger partial charge on any atom is -0.261 e. The van der Waals surface area contributed by atoms with Crippen LogP contribution < -0.4 is 0 Å². The minimum absolute atomic E-state index is 0.986. The molecule has 76 valence electrons. The lowest BCUT2D eigenvalue weighted by atomic mass is 10.1. The van der Waals surface area contributed by atoms with Gasteiger partial charge in [-0.15, -0.1) is 11.3 Å². The third-order valence-electron chi connectivity index (χ3n) is 3.12. The zero-order chi connectivity index (χ0) is 10.5. The molecule has 2 heterocycles. The van der Waals surface area contributed by atoms with Crippen molar-refractivity contribution in [3.8, 4) is 0 Å². The van der Waals surface area contributed by atoms with Crippen molar-refractivity contribution in [2.45, 2.75) is 6.42 Å². The molecule has 0 radical (unpaired) electrons. The van der Waals surface area contributed by atoms with E-state index in [1.807, 2.05) is 17.6 Å². The smallest absolute Gasteiger partial charge is 0.0668 e. The first-order valence-corrected chi connectivity index (χ1v) is 6.20. The molecule has 0 spiro atoms. The highest BCUT2D eigenvalue weighted by Crippen LogP contribution is 2.38. The van der Waals surface area contributed by atoms with Crippen LogP contribution in [0.3, 0.4) is 0 Å². The lowest BCUT2D eigenvalue weighted by Crippen LogP contribution is -1.77. The summed E-state index contributed by atoms with van der Waals surface area (Å²) in [6.45, 7) is 0. The Morgan fingerprint density at radius 1 is 1.00 bits per heavy atom. The largest absolute Gasteiger partial charge is 0.261 e. The van der Waals surface area contributed by atoms with Crippen LogP contribution in [0.15, 0.2) is 41.4 Å². The SMILES string of the molecule is C1=Nc2cc3c(cc2C1)sc1ccccc13. The van der Waals surface area contributed by atoms with E-state index < -0.39 is 0 Å². The number of nitrogens with zero attached hydrogens (tertiary/aromatic N) is 1. The van der Waals surface area contributed by atoms with Gasteiger partial charge in [0.2, 0.25) is 0 Å². The Labute approximate surface area is 97.1 Å². The third kappa shape index (κ3) is 1.02. The molecule has 0 bridgehead atoms. The van der Waals surface area contributed by atoms with E-state index >= 15 is 0 Å². The van der Waals surface area contributed by atoms with Gasteiger partial charge in [-0.25, -0.2) is 0 Å².